The molecule has 116 valence electrons. The first-order chi connectivity index (χ1) is 9.28. The van der Waals surface area contributed by atoms with E-state index in [0.717, 1.165) is 0 Å². The molecule has 3 heteroatoms. The molecule has 0 fully saturated rings. The van der Waals surface area contributed by atoms with Gasteiger partial charge in [0, 0.05) is 0 Å². The molecule has 0 aromatic rings. The molecule has 0 bridgehead atoms. The van der Waals surface area contributed by atoms with Crippen LogP contribution < -0.4 is 0 Å². The van der Waals surface area contributed by atoms with Crippen molar-refractivity contribution in [1.82, 2.24) is 9.80 Å². The van der Waals surface area contributed by atoms with Crippen molar-refractivity contribution in [3.63, 3.8) is 0 Å². The molecule has 19 heavy (non-hydrogen) atoms. The van der Waals surface area contributed by atoms with Crippen LogP contribution in [0.15, 0.2) is 0 Å². The third-order valence-corrected chi connectivity index (χ3v) is 4.97. The molecular formula is C16H36N2S. The summed E-state index contributed by atoms with van der Waals surface area (Å²) in [6, 6.07) is 0. The zero-order chi connectivity index (χ0) is 14.3. The minimum atomic E-state index is 1.20. The van der Waals surface area contributed by atoms with E-state index in [-0.39, 0.29) is 0 Å². The Morgan fingerprint density at radius 1 is 0.579 bits per heavy atom. The maximum atomic E-state index is 2.52. The Labute approximate surface area is 126 Å². The largest absolute Gasteiger partial charge is 0.304 e. The first-order valence-electron chi connectivity index (χ1n) is 8.30. The zero-order valence-corrected chi connectivity index (χ0v) is 14.6. The number of nitrogens with zero attached hydrogens (tertiary/aromatic N) is 2. The predicted octanol–water partition coefficient (Wildman–Crippen LogP) is 3.96. The lowest BCUT2D eigenvalue weighted by Crippen LogP contribution is -2.24. The molecule has 0 amide bonds. The lowest BCUT2D eigenvalue weighted by atomic mass is 10.3. The summed E-state index contributed by atoms with van der Waals surface area (Å²) >= 11 is 2.15. The van der Waals surface area contributed by atoms with Crippen molar-refractivity contribution in [2.75, 3.05) is 50.8 Å². The smallest absolute Gasteiger partial charge is 0.00187 e. The van der Waals surface area contributed by atoms with Crippen LogP contribution >= 0.6 is 11.8 Å². The van der Waals surface area contributed by atoms with Gasteiger partial charge in [0.1, 0.15) is 0 Å². The van der Waals surface area contributed by atoms with E-state index in [1.165, 1.54) is 76.5 Å². The molecule has 0 rings (SSSR count). The molecule has 2 nitrogen and oxygen atoms in total. The summed E-state index contributed by atoms with van der Waals surface area (Å²) in [5, 5.41) is 0. The molecule has 0 N–H and O–H groups in total. The van der Waals surface area contributed by atoms with Crippen LogP contribution in [0, 0.1) is 0 Å². The summed E-state index contributed by atoms with van der Waals surface area (Å²) < 4.78 is 0. The number of unbranched alkanes of at least 4 members (excludes halogenated alkanes) is 2. The van der Waals surface area contributed by atoms with Gasteiger partial charge in [-0.2, -0.15) is 11.8 Å². The standard InChI is InChI=1S/C16H36N2S/c1-5-17(6-2)13-9-11-15-19-16-12-10-14-18(7-3)8-4/h5-16H2,1-4H3. The summed E-state index contributed by atoms with van der Waals surface area (Å²) in [5.41, 5.74) is 0. The topological polar surface area (TPSA) is 6.48 Å². The lowest BCUT2D eigenvalue weighted by molar-refractivity contribution is 0.298. The molecule has 0 aliphatic carbocycles. The normalized spacial score (nSPS) is 11.7. The van der Waals surface area contributed by atoms with Crippen LogP contribution in [0.3, 0.4) is 0 Å². The summed E-state index contributed by atoms with van der Waals surface area (Å²) in [4.78, 5) is 5.05. The van der Waals surface area contributed by atoms with Crippen molar-refractivity contribution in [3.05, 3.63) is 0 Å². The quantitative estimate of drug-likeness (QED) is 0.447. The lowest BCUT2D eigenvalue weighted by Gasteiger charge is -2.17. The fraction of sp³-hybridized carbons (Fsp3) is 1.00. The van der Waals surface area contributed by atoms with Gasteiger partial charge in [0.25, 0.3) is 0 Å². The molecule has 0 heterocycles. The molecule has 0 spiro atoms. The van der Waals surface area contributed by atoms with Crippen molar-refractivity contribution in [1.29, 1.82) is 0 Å². The summed E-state index contributed by atoms with van der Waals surface area (Å²) in [6.07, 6.45) is 5.51. The second-order valence-electron chi connectivity index (χ2n) is 5.08. The van der Waals surface area contributed by atoms with E-state index >= 15 is 0 Å². The van der Waals surface area contributed by atoms with E-state index in [0.29, 0.717) is 0 Å². The maximum absolute atomic E-state index is 2.52. The van der Waals surface area contributed by atoms with E-state index in [1.54, 1.807) is 0 Å². The van der Waals surface area contributed by atoms with Crippen LogP contribution in [0.25, 0.3) is 0 Å². The Morgan fingerprint density at radius 2 is 0.947 bits per heavy atom. The highest BCUT2D eigenvalue weighted by molar-refractivity contribution is 7.99. The summed E-state index contributed by atoms with van der Waals surface area (Å²) in [5.74, 6) is 2.71. The minimum Gasteiger partial charge on any atom is -0.304 e. The van der Waals surface area contributed by atoms with Gasteiger partial charge < -0.3 is 9.80 Å². The number of rotatable bonds is 14. The molecule has 0 aromatic carbocycles. The van der Waals surface area contributed by atoms with E-state index in [1.807, 2.05) is 0 Å². The first kappa shape index (κ1) is 19.3. The first-order valence-corrected chi connectivity index (χ1v) is 9.46. The van der Waals surface area contributed by atoms with Crippen LogP contribution in [0.2, 0.25) is 0 Å². The van der Waals surface area contributed by atoms with E-state index in [9.17, 15) is 0 Å². The number of hydrogen-bond donors (Lipinski definition) is 0. The van der Waals surface area contributed by atoms with Gasteiger partial charge in [-0.25, -0.2) is 0 Å². The molecule has 0 unspecified atom stereocenters. The molecule has 0 radical (unpaired) electrons. The van der Waals surface area contributed by atoms with E-state index in [4.69, 9.17) is 0 Å². The Balaban J connectivity index is 3.19. The highest BCUT2D eigenvalue weighted by Gasteiger charge is 1.99. The number of hydrogen-bond acceptors (Lipinski definition) is 3. The van der Waals surface area contributed by atoms with E-state index in [2.05, 4.69) is 49.3 Å². The van der Waals surface area contributed by atoms with Gasteiger partial charge in [-0.1, -0.05) is 27.7 Å². The van der Waals surface area contributed by atoms with Crippen LogP contribution in [0.4, 0.5) is 0 Å². The Hall–Kier alpha value is 0.270. The van der Waals surface area contributed by atoms with Crippen LogP contribution in [0.5, 0.6) is 0 Å². The van der Waals surface area contributed by atoms with Crippen LogP contribution in [-0.4, -0.2) is 60.6 Å². The van der Waals surface area contributed by atoms with E-state index < -0.39 is 0 Å². The molecule has 0 saturated carbocycles. The van der Waals surface area contributed by atoms with Gasteiger partial charge in [0.05, 0.1) is 0 Å². The average Bonchev–Trinajstić information content (AvgIpc) is 2.45. The van der Waals surface area contributed by atoms with Gasteiger partial charge in [-0.15, -0.1) is 0 Å². The third-order valence-electron chi connectivity index (χ3n) is 3.81. The van der Waals surface area contributed by atoms with Gasteiger partial charge in [-0.05, 0) is 76.5 Å². The van der Waals surface area contributed by atoms with Gasteiger partial charge in [0.2, 0.25) is 0 Å². The summed E-state index contributed by atoms with van der Waals surface area (Å²) in [6.45, 7) is 16.4. The second kappa shape index (κ2) is 14.7. The SMILES string of the molecule is CCN(CC)CCCCSCCCCN(CC)CC. The van der Waals surface area contributed by atoms with Crippen LogP contribution in [0.1, 0.15) is 53.4 Å². The third kappa shape index (κ3) is 11.8. The fourth-order valence-corrected chi connectivity index (χ4v) is 3.28. The summed E-state index contributed by atoms with van der Waals surface area (Å²) in [7, 11) is 0. The average molecular weight is 289 g/mol. The van der Waals surface area contributed by atoms with Gasteiger partial charge in [-0.3, -0.25) is 0 Å². The Kier molecular flexibility index (Phi) is 14.9. The molecule has 0 atom stereocenters. The van der Waals surface area contributed by atoms with Crippen molar-refractivity contribution in [3.8, 4) is 0 Å². The molecular weight excluding hydrogens is 252 g/mol. The molecule has 0 aromatic heterocycles. The molecule has 0 aliphatic heterocycles. The Bertz CT molecular complexity index is 150. The monoisotopic (exact) mass is 288 g/mol. The molecule has 0 saturated heterocycles. The van der Waals surface area contributed by atoms with Gasteiger partial charge in [0.15, 0.2) is 0 Å². The highest BCUT2D eigenvalue weighted by atomic mass is 32.2. The maximum Gasteiger partial charge on any atom is -0.00187 e. The van der Waals surface area contributed by atoms with Crippen molar-refractivity contribution in [2.24, 2.45) is 0 Å². The zero-order valence-electron chi connectivity index (χ0n) is 13.8. The van der Waals surface area contributed by atoms with Crippen molar-refractivity contribution < 1.29 is 0 Å². The van der Waals surface area contributed by atoms with Crippen LogP contribution in [-0.2, 0) is 0 Å². The Morgan fingerprint density at radius 3 is 1.26 bits per heavy atom. The fourth-order valence-electron chi connectivity index (χ4n) is 2.26. The second-order valence-corrected chi connectivity index (χ2v) is 6.31. The number of thioether (sulfide) groups is 1. The highest BCUT2D eigenvalue weighted by Crippen LogP contribution is 2.09. The van der Waals surface area contributed by atoms with Crippen molar-refractivity contribution in [2.45, 2.75) is 53.4 Å². The molecule has 0 aliphatic rings. The minimum absolute atomic E-state index is 1.20. The van der Waals surface area contributed by atoms with Crippen molar-refractivity contribution >= 4 is 11.8 Å². The predicted molar refractivity (Wildman–Crippen MR) is 91.4 cm³/mol. The van der Waals surface area contributed by atoms with Gasteiger partial charge >= 0.3 is 0 Å².